The molecular weight excluding hydrogens is 490 g/mol. The Bertz CT molecular complexity index is 1410. The van der Waals surface area contributed by atoms with Crippen LogP contribution in [0, 0.1) is 22.0 Å². The van der Waals surface area contributed by atoms with Gasteiger partial charge in [-0.1, -0.05) is 0 Å². The maximum absolute atomic E-state index is 13.5. The van der Waals surface area contributed by atoms with Crippen molar-refractivity contribution in [2.75, 3.05) is 0 Å². The molecule has 2 aliphatic rings. The van der Waals surface area contributed by atoms with Crippen molar-refractivity contribution < 1.29 is 43.1 Å². The first kappa shape index (κ1) is 23.9. The molecule has 0 saturated carbocycles. The number of benzene rings is 1. The molecule has 0 radical (unpaired) electrons. The van der Waals surface area contributed by atoms with Gasteiger partial charge in [0, 0.05) is 17.7 Å². The Morgan fingerprint density at radius 2 is 1.81 bits per heavy atom. The average Bonchev–Trinajstić information content (AvgIpc) is 3.63. The number of nitrogens with zero attached hydrogens (tertiary/aromatic N) is 2. The summed E-state index contributed by atoms with van der Waals surface area (Å²) >= 11 is 0. The third-order valence-electron chi connectivity index (χ3n) is 6.75. The number of carbonyl (C=O) groups excluding carboxylic acids is 2. The number of nitro groups is 1. The highest BCUT2D eigenvalue weighted by Gasteiger charge is 2.69. The van der Waals surface area contributed by atoms with Crippen molar-refractivity contribution in [1.82, 2.24) is 10.2 Å². The maximum atomic E-state index is 13.5. The average molecular weight is 509 g/mol. The summed E-state index contributed by atoms with van der Waals surface area (Å²) in [6.45, 7) is -0.237. The number of furan rings is 2. The Labute approximate surface area is 207 Å². The van der Waals surface area contributed by atoms with Crippen molar-refractivity contribution >= 4 is 29.4 Å². The molecule has 0 spiro atoms. The van der Waals surface area contributed by atoms with Gasteiger partial charge in [-0.25, -0.2) is 0 Å². The Kier molecular flexibility index (Phi) is 5.63. The van der Waals surface area contributed by atoms with Crippen molar-refractivity contribution in [2.45, 2.75) is 24.5 Å². The maximum Gasteiger partial charge on any atom is 0.325 e. The molecule has 0 aliphatic carbocycles. The number of imide groups is 1. The molecule has 2 amide bonds. The Morgan fingerprint density at radius 1 is 1.08 bits per heavy atom. The molecule has 13 heteroatoms. The minimum atomic E-state index is -2.27. The van der Waals surface area contributed by atoms with Gasteiger partial charge in [-0.3, -0.25) is 39.5 Å². The predicted molar refractivity (Wildman–Crippen MR) is 121 cm³/mol. The number of aliphatic carboxylic acids is 2. The highest BCUT2D eigenvalue weighted by molar-refractivity contribution is 6.10. The van der Waals surface area contributed by atoms with Crippen LogP contribution in [0.3, 0.4) is 0 Å². The van der Waals surface area contributed by atoms with Crippen LogP contribution in [-0.2, 0) is 25.7 Å². The fraction of sp³-hybridized carbons (Fsp3) is 0.250. The topological polar surface area (TPSA) is 193 Å². The molecule has 37 heavy (non-hydrogen) atoms. The van der Waals surface area contributed by atoms with E-state index in [0.29, 0.717) is 11.3 Å². The van der Waals surface area contributed by atoms with Crippen molar-refractivity contribution in [3.63, 3.8) is 0 Å². The molecule has 2 aromatic heterocycles. The number of fused-ring (bicyclic) bond motifs is 1. The van der Waals surface area contributed by atoms with Gasteiger partial charge in [0.1, 0.15) is 22.8 Å². The summed E-state index contributed by atoms with van der Waals surface area (Å²) in [6, 6.07) is 10.5. The lowest BCUT2D eigenvalue weighted by Crippen LogP contribution is -2.56. The van der Waals surface area contributed by atoms with E-state index in [2.05, 4.69) is 5.32 Å². The van der Waals surface area contributed by atoms with E-state index in [1.165, 1.54) is 42.7 Å². The largest absolute Gasteiger partial charge is 0.481 e. The highest BCUT2D eigenvalue weighted by atomic mass is 16.6. The first-order valence-corrected chi connectivity index (χ1v) is 11.1. The van der Waals surface area contributed by atoms with Gasteiger partial charge >= 0.3 is 11.9 Å². The SMILES string of the molecule is O=C(O)CC1(C(=O)O)NC(c2ccc(-c3ccc([N+](=O)[O-])cc3)o2)C2C(=O)N(Cc3ccco3)C(=O)C21. The summed E-state index contributed by atoms with van der Waals surface area (Å²) in [5.74, 6) is -6.66. The van der Waals surface area contributed by atoms with E-state index in [1.54, 1.807) is 12.1 Å². The van der Waals surface area contributed by atoms with Gasteiger partial charge < -0.3 is 19.0 Å². The van der Waals surface area contributed by atoms with E-state index in [0.717, 1.165) is 4.90 Å². The van der Waals surface area contributed by atoms with E-state index in [4.69, 9.17) is 8.83 Å². The minimum absolute atomic E-state index is 0.109. The predicted octanol–water partition coefficient (Wildman–Crippen LogP) is 2.19. The fourth-order valence-corrected chi connectivity index (χ4v) is 5.12. The van der Waals surface area contributed by atoms with E-state index in [-0.39, 0.29) is 23.8 Å². The second kappa shape index (κ2) is 8.71. The Morgan fingerprint density at radius 3 is 2.41 bits per heavy atom. The van der Waals surface area contributed by atoms with Crippen molar-refractivity contribution in [3.8, 4) is 11.3 Å². The molecule has 1 aromatic carbocycles. The Hall–Kier alpha value is -4.78. The van der Waals surface area contributed by atoms with E-state index in [9.17, 15) is 39.5 Å². The summed E-state index contributed by atoms with van der Waals surface area (Å²) in [5.41, 5.74) is -1.91. The smallest absolute Gasteiger partial charge is 0.325 e. The number of rotatable bonds is 8. The zero-order chi connectivity index (χ0) is 26.5. The molecular formula is C24H19N3O10. The third-order valence-corrected chi connectivity index (χ3v) is 6.75. The molecule has 13 nitrogen and oxygen atoms in total. The van der Waals surface area contributed by atoms with E-state index < -0.39 is 58.5 Å². The molecule has 4 atom stereocenters. The number of carboxylic acids is 2. The molecule has 2 saturated heterocycles. The lowest BCUT2D eigenvalue weighted by Gasteiger charge is -2.29. The molecule has 3 aromatic rings. The fourth-order valence-electron chi connectivity index (χ4n) is 5.12. The van der Waals surface area contributed by atoms with Crippen molar-refractivity contribution in [3.05, 3.63) is 76.4 Å². The second-order valence-electron chi connectivity index (χ2n) is 8.82. The molecule has 4 unspecified atom stereocenters. The first-order valence-electron chi connectivity index (χ1n) is 11.1. The number of hydrogen-bond acceptors (Lipinski definition) is 9. The lowest BCUT2D eigenvalue weighted by atomic mass is 9.78. The summed E-state index contributed by atoms with van der Waals surface area (Å²) < 4.78 is 11.1. The van der Waals surface area contributed by atoms with Crippen molar-refractivity contribution in [2.24, 2.45) is 11.8 Å². The van der Waals surface area contributed by atoms with Crippen LogP contribution in [-0.4, -0.2) is 49.3 Å². The second-order valence-corrected chi connectivity index (χ2v) is 8.82. The zero-order valence-corrected chi connectivity index (χ0v) is 18.9. The quantitative estimate of drug-likeness (QED) is 0.229. The number of carboxylic acid groups (broad SMARTS) is 2. The van der Waals surface area contributed by atoms with Crippen LogP contribution < -0.4 is 5.32 Å². The minimum Gasteiger partial charge on any atom is -0.481 e. The zero-order valence-electron chi connectivity index (χ0n) is 18.9. The van der Waals surface area contributed by atoms with Gasteiger partial charge in [0.05, 0.1) is 42.0 Å². The van der Waals surface area contributed by atoms with Crippen LogP contribution in [0.2, 0.25) is 0 Å². The van der Waals surface area contributed by atoms with Crippen LogP contribution in [0.4, 0.5) is 5.69 Å². The molecule has 190 valence electrons. The monoisotopic (exact) mass is 509 g/mol. The van der Waals surface area contributed by atoms with Crippen molar-refractivity contribution in [1.29, 1.82) is 0 Å². The van der Waals surface area contributed by atoms with Gasteiger partial charge in [-0.05, 0) is 36.4 Å². The standard InChI is InChI=1S/C24H19N3O10/c28-17(29)10-24(23(32)33)19-18(21(30)26(22(19)31)11-14-2-1-9-36-14)20(25-24)16-8-7-15(37-16)12-3-5-13(6-4-12)27(34)35/h1-9,18-20,25H,10-11H2,(H,28,29)(H,32,33). The summed E-state index contributed by atoms with van der Waals surface area (Å²) in [4.78, 5) is 62.2. The summed E-state index contributed by atoms with van der Waals surface area (Å²) in [6.07, 6.45) is 0.406. The summed E-state index contributed by atoms with van der Waals surface area (Å²) in [7, 11) is 0. The number of nitro benzene ring substituents is 1. The van der Waals surface area contributed by atoms with Crippen LogP contribution in [0.5, 0.6) is 0 Å². The highest BCUT2D eigenvalue weighted by Crippen LogP contribution is 2.51. The number of hydrogen-bond donors (Lipinski definition) is 3. The number of likely N-dealkylation sites (tertiary alicyclic amines) is 1. The van der Waals surface area contributed by atoms with E-state index >= 15 is 0 Å². The normalized spacial score (nSPS) is 24.9. The molecule has 5 rings (SSSR count). The number of amides is 2. The van der Waals surface area contributed by atoms with Gasteiger partial charge in [0.15, 0.2) is 0 Å². The third kappa shape index (κ3) is 3.85. The molecule has 2 fully saturated rings. The van der Waals surface area contributed by atoms with Gasteiger partial charge in [0.25, 0.3) is 5.69 Å². The molecule has 2 aliphatic heterocycles. The van der Waals surface area contributed by atoms with Crippen LogP contribution in [0.25, 0.3) is 11.3 Å². The van der Waals surface area contributed by atoms with Crippen LogP contribution in [0.15, 0.2) is 63.6 Å². The first-order chi connectivity index (χ1) is 17.6. The molecule has 3 N–H and O–H groups in total. The molecule has 4 heterocycles. The lowest BCUT2D eigenvalue weighted by molar-refractivity contribution is -0.384. The number of non-ortho nitro benzene ring substituents is 1. The number of nitrogens with one attached hydrogen (secondary N) is 1. The van der Waals surface area contributed by atoms with Gasteiger partial charge in [0.2, 0.25) is 11.8 Å². The van der Waals surface area contributed by atoms with Gasteiger partial charge in [-0.15, -0.1) is 0 Å². The van der Waals surface area contributed by atoms with Gasteiger partial charge in [-0.2, -0.15) is 0 Å². The van der Waals surface area contributed by atoms with E-state index in [1.807, 2.05) is 0 Å². The summed E-state index contributed by atoms with van der Waals surface area (Å²) in [5, 5.41) is 33.3. The number of carbonyl (C=O) groups is 4. The van der Waals surface area contributed by atoms with Crippen LogP contribution >= 0.6 is 0 Å². The van der Waals surface area contributed by atoms with Crippen LogP contribution in [0.1, 0.15) is 24.0 Å². The Balaban J connectivity index is 1.54. The molecule has 0 bridgehead atoms.